The molecule has 0 amide bonds. The maximum absolute atomic E-state index is 9.27. The Balaban J connectivity index is 2.22. The number of nitrogens with zero attached hydrogens (tertiary/aromatic N) is 1. The summed E-state index contributed by atoms with van der Waals surface area (Å²) in [5, 5.41) is 10.0. The molecule has 19 heavy (non-hydrogen) atoms. The number of anilines is 1. The highest BCUT2D eigenvalue weighted by atomic mass is 32.2. The molecule has 0 spiro atoms. The SMILES string of the molecule is N#Cc1c2c(c(N)sc1=S)C(c1ccccc1)CS2. The Bertz CT molecular complexity index is 729. The van der Waals surface area contributed by atoms with Gasteiger partial charge in [-0.05, 0) is 5.56 Å². The summed E-state index contributed by atoms with van der Waals surface area (Å²) >= 11 is 8.27. The van der Waals surface area contributed by atoms with Crippen LogP contribution in [0.2, 0.25) is 0 Å². The predicted octanol–water partition coefficient (Wildman–Crippen LogP) is 4.17. The molecule has 0 radical (unpaired) electrons. The molecule has 0 aliphatic carbocycles. The maximum atomic E-state index is 9.27. The van der Waals surface area contributed by atoms with Crippen LogP contribution >= 0.6 is 35.3 Å². The molecule has 2 aromatic rings. The lowest BCUT2D eigenvalue weighted by Crippen LogP contribution is -2.02. The monoisotopic (exact) mass is 302 g/mol. The summed E-state index contributed by atoms with van der Waals surface area (Å²) in [5.74, 6) is 1.18. The van der Waals surface area contributed by atoms with Crippen LogP contribution in [0.25, 0.3) is 0 Å². The zero-order valence-corrected chi connectivity index (χ0v) is 12.4. The highest BCUT2D eigenvalue weighted by Crippen LogP contribution is 2.49. The number of fused-ring (bicyclic) bond motifs is 1. The van der Waals surface area contributed by atoms with Crippen molar-refractivity contribution in [3.05, 3.63) is 50.8 Å². The molecule has 5 heteroatoms. The first kappa shape index (κ1) is 12.7. The lowest BCUT2D eigenvalue weighted by Gasteiger charge is -2.13. The van der Waals surface area contributed by atoms with E-state index in [9.17, 15) is 5.26 Å². The van der Waals surface area contributed by atoms with Gasteiger partial charge >= 0.3 is 0 Å². The normalized spacial score (nSPS) is 16.9. The minimum Gasteiger partial charge on any atom is -0.390 e. The van der Waals surface area contributed by atoms with Gasteiger partial charge in [0.15, 0.2) is 0 Å². The molecule has 1 atom stereocenters. The van der Waals surface area contributed by atoms with Gasteiger partial charge in [-0.3, -0.25) is 0 Å². The molecule has 2 nitrogen and oxygen atoms in total. The van der Waals surface area contributed by atoms with Crippen LogP contribution in [0.15, 0.2) is 35.2 Å². The zero-order chi connectivity index (χ0) is 13.4. The highest BCUT2D eigenvalue weighted by molar-refractivity contribution is 7.99. The van der Waals surface area contributed by atoms with Crippen molar-refractivity contribution < 1.29 is 0 Å². The lowest BCUT2D eigenvalue weighted by molar-refractivity contribution is 0.944. The van der Waals surface area contributed by atoms with E-state index in [1.54, 1.807) is 11.8 Å². The molecular formula is C14H10N2S3. The second-order valence-electron chi connectivity index (χ2n) is 4.26. The number of thioether (sulfide) groups is 1. The van der Waals surface area contributed by atoms with Crippen LogP contribution in [0.5, 0.6) is 0 Å². The van der Waals surface area contributed by atoms with Gasteiger partial charge in [-0.15, -0.1) is 23.1 Å². The lowest BCUT2D eigenvalue weighted by atomic mass is 9.94. The Hall–Kier alpha value is -1.35. The summed E-state index contributed by atoms with van der Waals surface area (Å²) in [6.07, 6.45) is 0. The number of rotatable bonds is 1. The second kappa shape index (κ2) is 4.97. The minimum atomic E-state index is 0.264. The summed E-state index contributed by atoms with van der Waals surface area (Å²) < 4.78 is 0.597. The first-order valence-corrected chi connectivity index (χ1v) is 7.97. The van der Waals surface area contributed by atoms with Gasteiger partial charge in [-0.25, -0.2) is 0 Å². The Morgan fingerprint density at radius 1 is 1.32 bits per heavy atom. The van der Waals surface area contributed by atoms with Crippen molar-refractivity contribution in [2.45, 2.75) is 10.8 Å². The first-order chi connectivity index (χ1) is 9.22. The van der Waals surface area contributed by atoms with Crippen LogP contribution in [0.4, 0.5) is 5.00 Å². The molecule has 1 aromatic carbocycles. The molecule has 3 rings (SSSR count). The van der Waals surface area contributed by atoms with Crippen LogP contribution in [0.1, 0.15) is 22.6 Å². The van der Waals surface area contributed by atoms with Crippen molar-refractivity contribution in [1.29, 1.82) is 5.26 Å². The number of benzene rings is 1. The largest absolute Gasteiger partial charge is 0.390 e. The fraction of sp³-hybridized carbons (Fsp3) is 0.143. The summed E-state index contributed by atoms with van der Waals surface area (Å²) in [6, 6.07) is 12.5. The highest BCUT2D eigenvalue weighted by Gasteiger charge is 2.30. The molecule has 0 saturated carbocycles. The quantitative estimate of drug-likeness (QED) is 0.803. The third-order valence-corrected chi connectivity index (χ3v) is 5.70. The molecule has 2 heterocycles. The minimum absolute atomic E-state index is 0.264. The van der Waals surface area contributed by atoms with E-state index in [0.717, 1.165) is 21.2 Å². The van der Waals surface area contributed by atoms with E-state index < -0.39 is 0 Å². The van der Waals surface area contributed by atoms with Crippen LogP contribution in [-0.4, -0.2) is 5.75 Å². The van der Waals surface area contributed by atoms with E-state index in [4.69, 9.17) is 18.0 Å². The zero-order valence-electron chi connectivity index (χ0n) is 9.92. The van der Waals surface area contributed by atoms with Gasteiger partial charge in [0.2, 0.25) is 0 Å². The molecule has 1 unspecified atom stereocenters. The van der Waals surface area contributed by atoms with Gasteiger partial charge in [-0.2, -0.15) is 5.26 Å². The molecule has 94 valence electrons. The Morgan fingerprint density at radius 3 is 2.74 bits per heavy atom. The third kappa shape index (κ3) is 2.06. The van der Waals surface area contributed by atoms with Gasteiger partial charge in [-0.1, -0.05) is 42.5 Å². The van der Waals surface area contributed by atoms with Crippen molar-refractivity contribution in [2.75, 3.05) is 11.5 Å². The van der Waals surface area contributed by atoms with Gasteiger partial charge in [0, 0.05) is 22.1 Å². The Morgan fingerprint density at radius 2 is 2.05 bits per heavy atom. The molecule has 0 bridgehead atoms. The number of hydrogen-bond donors (Lipinski definition) is 1. The van der Waals surface area contributed by atoms with E-state index in [2.05, 4.69) is 18.2 Å². The summed E-state index contributed by atoms with van der Waals surface area (Å²) in [4.78, 5) is 0.984. The predicted molar refractivity (Wildman–Crippen MR) is 83.3 cm³/mol. The smallest absolute Gasteiger partial charge is 0.111 e. The maximum Gasteiger partial charge on any atom is 0.111 e. The van der Waals surface area contributed by atoms with Crippen LogP contribution < -0.4 is 5.73 Å². The second-order valence-corrected chi connectivity index (χ2v) is 7.01. The van der Waals surface area contributed by atoms with Crippen LogP contribution in [0.3, 0.4) is 0 Å². The number of hydrogen-bond acceptors (Lipinski definition) is 5. The van der Waals surface area contributed by atoms with E-state index >= 15 is 0 Å². The Labute approximate surface area is 124 Å². The van der Waals surface area contributed by atoms with Gasteiger partial charge in [0.05, 0.1) is 10.6 Å². The summed E-state index contributed by atoms with van der Waals surface area (Å²) in [7, 11) is 0. The van der Waals surface area contributed by atoms with Crippen LogP contribution in [-0.2, 0) is 0 Å². The molecule has 1 aliphatic rings. The molecule has 1 aromatic heterocycles. The molecular weight excluding hydrogens is 292 g/mol. The molecule has 1 aliphatic heterocycles. The third-order valence-electron chi connectivity index (χ3n) is 3.20. The van der Waals surface area contributed by atoms with Crippen molar-refractivity contribution in [2.24, 2.45) is 0 Å². The fourth-order valence-electron chi connectivity index (χ4n) is 2.32. The van der Waals surface area contributed by atoms with Gasteiger partial charge in [0.1, 0.15) is 9.89 Å². The standard InChI is InChI=1S/C14H10N2S3/c15-6-9-12-11(13(16)19-14(9)17)10(7-18-12)8-4-2-1-3-5-8/h1-5,10H,7,16H2. The summed E-state index contributed by atoms with van der Waals surface area (Å²) in [6.45, 7) is 0. The topological polar surface area (TPSA) is 49.8 Å². The van der Waals surface area contributed by atoms with Crippen molar-refractivity contribution in [3.63, 3.8) is 0 Å². The van der Waals surface area contributed by atoms with E-state index in [-0.39, 0.29) is 5.92 Å². The molecule has 2 N–H and O–H groups in total. The van der Waals surface area contributed by atoms with Gasteiger partial charge in [0.25, 0.3) is 0 Å². The van der Waals surface area contributed by atoms with Gasteiger partial charge < -0.3 is 5.73 Å². The van der Waals surface area contributed by atoms with E-state index in [1.807, 2.05) is 18.2 Å². The summed E-state index contributed by atoms with van der Waals surface area (Å²) in [5.41, 5.74) is 9.10. The number of nitriles is 1. The van der Waals surface area contributed by atoms with E-state index in [1.165, 1.54) is 16.9 Å². The fourth-order valence-corrected chi connectivity index (χ4v) is 5.13. The average molecular weight is 302 g/mol. The Kier molecular flexibility index (Phi) is 3.31. The number of nitrogen functional groups attached to an aromatic ring is 1. The average Bonchev–Trinajstić information content (AvgIpc) is 2.85. The van der Waals surface area contributed by atoms with Crippen molar-refractivity contribution in [1.82, 2.24) is 0 Å². The first-order valence-electron chi connectivity index (χ1n) is 5.76. The van der Waals surface area contributed by atoms with Crippen LogP contribution in [0, 0.1) is 15.2 Å². The van der Waals surface area contributed by atoms with Crippen molar-refractivity contribution >= 4 is 40.3 Å². The molecule has 0 fully saturated rings. The molecule has 0 saturated heterocycles. The van der Waals surface area contributed by atoms with Crippen molar-refractivity contribution in [3.8, 4) is 6.07 Å². The number of nitrogens with two attached hydrogens (primary N) is 1. The van der Waals surface area contributed by atoms with E-state index in [0.29, 0.717) is 9.39 Å².